The number of para-hydroxylation sites is 1. The third kappa shape index (κ3) is 3.13. The van der Waals surface area contributed by atoms with Crippen molar-refractivity contribution < 1.29 is 0 Å². The number of fused-ring (bicyclic) bond motifs is 1. The van der Waals surface area contributed by atoms with E-state index < -0.39 is 0 Å². The van der Waals surface area contributed by atoms with Crippen LogP contribution in [0.5, 0.6) is 0 Å². The van der Waals surface area contributed by atoms with Crippen molar-refractivity contribution in [1.29, 1.82) is 0 Å². The molecular weight excluding hydrogens is 376 g/mol. The topological polar surface area (TPSA) is 34.9 Å². The maximum Gasteiger partial charge on any atom is 0.265 e. The van der Waals surface area contributed by atoms with Crippen molar-refractivity contribution in [3.63, 3.8) is 0 Å². The van der Waals surface area contributed by atoms with Gasteiger partial charge in [-0.1, -0.05) is 58.4 Å². The molecule has 0 aliphatic carbocycles. The summed E-state index contributed by atoms with van der Waals surface area (Å²) in [6.07, 6.45) is 0.594. The molecule has 25 heavy (non-hydrogen) atoms. The molecule has 0 aliphatic heterocycles. The molecule has 0 unspecified atom stereocenters. The highest BCUT2D eigenvalue weighted by Gasteiger charge is 2.13. The van der Waals surface area contributed by atoms with Crippen molar-refractivity contribution in [1.82, 2.24) is 9.55 Å². The smallest absolute Gasteiger partial charge is 0.265 e. The minimum Gasteiger partial charge on any atom is -0.268 e. The Kier molecular flexibility index (Phi) is 4.20. The zero-order valence-electron chi connectivity index (χ0n) is 13.4. The molecule has 0 aliphatic rings. The molecule has 4 rings (SSSR count). The lowest BCUT2D eigenvalue weighted by atomic mass is 10.1. The Hall–Kier alpha value is -2.72. The van der Waals surface area contributed by atoms with Crippen molar-refractivity contribution in [2.45, 2.75) is 6.42 Å². The standard InChI is InChI=1S/C21H15BrN2O/c22-16-10-12-17(13-11-16)24-20(14-15-6-2-1-3-7-15)23-19-9-5-4-8-18(19)21(24)25/h1-13H,14H2. The van der Waals surface area contributed by atoms with Crippen LogP contribution < -0.4 is 5.56 Å². The van der Waals surface area contributed by atoms with Crippen molar-refractivity contribution >= 4 is 26.8 Å². The Morgan fingerprint density at radius 3 is 2.28 bits per heavy atom. The first-order valence-electron chi connectivity index (χ1n) is 8.03. The van der Waals surface area contributed by atoms with Crippen LogP contribution in [-0.4, -0.2) is 9.55 Å². The Balaban J connectivity index is 1.97. The predicted octanol–water partition coefficient (Wildman–Crippen LogP) is 4.74. The fourth-order valence-corrected chi connectivity index (χ4v) is 3.20. The Bertz CT molecular complexity index is 1090. The van der Waals surface area contributed by atoms with Crippen LogP contribution in [0, 0.1) is 0 Å². The number of hydrogen-bond acceptors (Lipinski definition) is 2. The summed E-state index contributed by atoms with van der Waals surface area (Å²) in [4.78, 5) is 17.9. The van der Waals surface area contributed by atoms with Crippen LogP contribution in [0.25, 0.3) is 16.6 Å². The van der Waals surface area contributed by atoms with Crippen LogP contribution >= 0.6 is 15.9 Å². The maximum absolute atomic E-state index is 13.1. The van der Waals surface area contributed by atoms with E-state index in [0.717, 1.165) is 27.1 Å². The summed E-state index contributed by atoms with van der Waals surface area (Å²) in [6, 6.07) is 25.3. The third-order valence-corrected chi connectivity index (χ3v) is 4.66. The summed E-state index contributed by atoms with van der Waals surface area (Å²) < 4.78 is 2.68. The number of hydrogen-bond donors (Lipinski definition) is 0. The first-order valence-corrected chi connectivity index (χ1v) is 8.82. The monoisotopic (exact) mass is 390 g/mol. The molecule has 0 saturated heterocycles. The Morgan fingerprint density at radius 1 is 0.840 bits per heavy atom. The summed E-state index contributed by atoms with van der Waals surface area (Å²) in [5, 5.41) is 0.627. The van der Waals surface area contributed by atoms with Crippen LogP contribution in [0.1, 0.15) is 11.4 Å². The summed E-state index contributed by atoms with van der Waals surface area (Å²) >= 11 is 3.45. The quantitative estimate of drug-likeness (QED) is 0.506. The van der Waals surface area contributed by atoms with E-state index in [1.54, 1.807) is 4.57 Å². The maximum atomic E-state index is 13.1. The van der Waals surface area contributed by atoms with Gasteiger partial charge in [0, 0.05) is 10.9 Å². The number of rotatable bonds is 3. The van der Waals surface area contributed by atoms with Crippen molar-refractivity contribution in [3.8, 4) is 5.69 Å². The van der Waals surface area contributed by atoms with Crippen molar-refractivity contribution in [2.75, 3.05) is 0 Å². The largest absolute Gasteiger partial charge is 0.268 e. The SMILES string of the molecule is O=c1c2ccccc2nc(Cc2ccccc2)n1-c1ccc(Br)cc1. The molecule has 0 fully saturated rings. The van der Waals surface area contributed by atoms with Gasteiger partial charge in [-0.2, -0.15) is 0 Å². The van der Waals surface area contributed by atoms with Gasteiger partial charge in [0.25, 0.3) is 5.56 Å². The lowest BCUT2D eigenvalue weighted by Crippen LogP contribution is -2.24. The van der Waals surface area contributed by atoms with E-state index in [1.165, 1.54) is 0 Å². The van der Waals surface area contributed by atoms with Gasteiger partial charge in [0.15, 0.2) is 0 Å². The van der Waals surface area contributed by atoms with E-state index in [9.17, 15) is 4.79 Å². The minimum atomic E-state index is -0.0427. The van der Waals surface area contributed by atoms with E-state index in [2.05, 4.69) is 15.9 Å². The molecule has 3 aromatic carbocycles. The Morgan fingerprint density at radius 2 is 1.52 bits per heavy atom. The molecule has 0 bridgehead atoms. The van der Waals surface area contributed by atoms with Crippen LogP contribution in [0.15, 0.2) is 88.1 Å². The van der Waals surface area contributed by atoms with Gasteiger partial charge >= 0.3 is 0 Å². The molecule has 0 spiro atoms. The van der Waals surface area contributed by atoms with Gasteiger partial charge in [0.2, 0.25) is 0 Å². The van der Waals surface area contributed by atoms with Gasteiger partial charge in [0.1, 0.15) is 5.82 Å². The van der Waals surface area contributed by atoms with Gasteiger partial charge in [-0.15, -0.1) is 0 Å². The molecule has 0 atom stereocenters. The normalized spacial score (nSPS) is 10.9. The second-order valence-electron chi connectivity index (χ2n) is 5.82. The molecule has 4 aromatic rings. The number of halogens is 1. The van der Waals surface area contributed by atoms with E-state index in [1.807, 2.05) is 78.9 Å². The van der Waals surface area contributed by atoms with Crippen molar-refractivity contribution in [2.24, 2.45) is 0 Å². The van der Waals surface area contributed by atoms with Gasteiger partial charge in [-0.3, -0.25) is 9.36 Å². The highest BCUT2D eigenvalue weighted by molar-refractivity contribution is 9.10. The Labute approximate surface area is 153 Å². The van der Waals surface area contributed by atoms with E-state index in [0.29, 0.717) is 11.8 Å². The fourth-order valence-electron chi connectivity index (χ4n) is 2.93. The zero-order valence-corrected chi connectivity index (χ0v) is 15.0. The highest BCUT2D eigenvalue weighted by atomic mass is 79.9. The van der Waals surface area contributed by atoms with Gasteiger partial charge in [-0.05, 0) is 42.0 Å². The first kappa shape index (κ1) is 15.8. The molecule has 0 amide bonds. The first-order chi connectivity index (χ1) is 12.2. The molecule has 4 heteroatoms. The van der Waals surface area contributed by atoms with Gasteiger partial charge in [0.05, 0.1) is 16.6 Å². The third-order valence-electron chi connectivity index (χ3n) is 4.14. The fraction of sp³-hybridized carbons (Fsp3) is 0.0476. The number of benzene rings is 3. The van der Waals surface area contributed by atoms with Gasteiger partial charge < -0.3 is 0 Å². The number of aromatic nitrogens is 2. The van der Waals surface area contributed by atoms with Crippen LogP contribution in [0.3, 0.4) is 0 Å². The lowest BCUT2D eigenvalue weighted by Gasteiger charge is -2.14. The molecule has 0 N–H and O–H groups in total. The highest BCUT2D eigenvalue weighted by Crippen LogP contribution is 2.18. The second-order valence-corrected chi connectivity index (χ2v) is 6.74. The predicted molar refractivity (Wildman–Crippen MR) is 104 cm³/mol. The van der Waals surface area contributed by atoms with E-state index in [-0.39, 0.29) is 5.56 Å². The van der Waals surface area contributed by atoms with E-state index in [4.69, 9.17) is 4.98 Å². The summed E-state index contributed by atoms with van der Waals surface area (Å²) in [5.41, 5.74) is 2.62. The van der Waals surface area contributed by atoms with Crippen LogP contribution in [0.2, 0.25) is 0 Å². The molecule has 0 saturated carbocycles. The summed E-state index contributed by atoms with van der Waals surface area (Å²) in [7, 11) is 0. The molecule has 1 heterocycles. The summed E-state index contributed by atoms with van der Waals surface area (Å²) in [5.74, 6) is 0.734. The lowest BCUT2D eigenvalue weighted by molar-refractivity contribution is 0.850. The molecular formula is C21H15BrN2O. The van der Waals surface area contributed by atoms with Crippen LogP contribution in [-0.2, 0) is 6.42 Å². The average Bonchev–Trinajstić information content (AvgIpc) is 2.64. The average molecular weight is 391 g/mol. The minimum absolute atomic E-state index is 0.0427. The zero-order chi connectivity index (χ0) is 17.2. The molecule has 1 aromatic heterocycles. The molecule has 122 valence electrons. The van der Waals surface area contributed by atoms with E-state index >= 15 is 0 Å². The molecule has 0 radical (unpaired) electrons. The van der Waals surface area contributed by atoms with Gasteiger partial charge in [-0.25, -0.2) is 4.98 Å². The van der Waals surface area contributed by atoms with Crippen LogP contribution in [0.4, 0.5) is 0 Å². The molecule has 3 nitrogen and oxygen atoms in total. The number of nitrogens with zero attached hydrogens (tertiary/aromatic N) is 2. The second kappa shape index (κ2) is 6.65. The summed E-state index contributed by atoms with van der Waals surface area (Å²) in [6.45, 7) is 0. The van der Waals surface area contributed by atoms with Crippen molar-refractivity contribution in [3.05, 3.63) is 105 Å².